The Hall–Kier alpha value is -0.0400. The van der Waals surface area contributed by atoms with Gasteiger partial charge in [0.2, 0.25) is 0 Å². The average Bonchev–Trinajstić information content (AvgIpc) is 2.38. The first-order valence-electron chi connectivity index (χ1n) is 8.88. The molecule has 0 spiro atoms. The van der Waals surface area contributed by atoms with Crippen molar-refractivity contribution >= 4 is 0 Å². The van der Waals surface area contributed by atoms with E-state index in [0.717, 1.165) is 23.2 Å². The highest BCUT2D eigenvalue weighted by Crippen LogP contribution is 2.69. The molecule has 3 unspecified atom stereocenters. The molecule has 5 aliphatic carbocycles. The Morgan fingerprint density at radius 2 is 1.58 bits per heavy atom. The van der Waals surface area contributed by atoms with Crippen LogP contribution in [-0.2, 0) is 0 Å². The summed E-state index contributed by atoms with van der Waals surface area (Å²) in [5, 5.41) is 0. The molecular weight excluding hydrogens is 230 g/mol. The lowest BCUT2D eigenvalue weighted by atomic mass is 9.40. The molecule has 0 saturated heterocycles. The molecule has 3 atom stereocenters. The maximum atomic E-state index is 6.48. The van der Waals surface area contributed by atoms with Gasteiger partial charge in [0.1, 0.15) is 0 Å². The smallest absolute Gasteiger partial charge is 0.00674 e. The van der Waals surface area contributed by atoms with E-state index in [-0.39, 0.29) is 0 Å². The maximum Gasteiger partial charge on any atom is 0.00674 e. The molecule has 5 fully saturated rings. The second-order valence-electron chi connectivity index (χ2n) is 8.81. The highest BCUT2D eigenvalue weighted by Gasteiger charge is 2.60. The van der Waals surface area contributed by atoms with E-state index in [0.29, 0.717) is 11.5 Å². The third-order valence-corrected chi connectivity index (χ3v) is 7.59. The van der Waals surface area contributed by atoms with Gasteiger partial charge in [-0.2, -0.15) is 0 Å². The van der Waals surface area contributed by atoms with E-state index in [4.69, 9.17) is 5.73 Å². The standard InChI is InChI=1S/C18H31N/c1-13(19)17-8-14-7-15(9-17)11-18(10-14,12-17)16-5-3-2-4-6-16/h13-16H,2-12,19H2,1H3. The topological polar surface area (TPSA) is 26.0 Å². The van der Waals surface area contributed by atoms with Crippen LogP contribution in [0.2, 0.25) is 0 Å². The second kappa shape index (κ2) is 4.23. The SMILES string of the molecule is CC(N)C12CC3CC(C1)CC(C1CCCCC1)(C3)C2. The van der Waals surface area contributed by atoms with E-state index in [2.05, 4.69) is 6.92 Å². The van der Waals surface area contributed by atoms with Crippen molar-refractivity contribution in [2.75, 3.05) is 0 Å². The van der Waals surface area contributed by atoms with E-state index in [1.54, 1.807) is 19.3 Å². The van der Waals surface area contributed by atoms with Crippen LogP contribution in [0.5, 0.6) is 0 Å². The van der Waals surface area contributed by atoms with Crippen molar-refractivity contribution in [3.63, 3.8) is 0 Å². The van der Waals surface area contributed by atoms with Gasteiger partial charge in [-0.15, -0.1) is 0 Å². The van der Waals surface area contributed by atoms with E-state index in [9.17, 15) is 0 Å². The Kier molecular flexibility index (Phi) is 2.82. The molecule has 5 saturated carbocycles. The van der Waals surface area contributed by atoms with Gasteiger partial charge in [-0.25, -0.2) is 0 Å². The Morgan fingerprint density at radius 1 is 0.947 bits per heavy atom. The minimum absolute atomic E-state index is 0.432. The first kappa shape index (κ1) is 12.7. The average molecular weight is 261 g/mol. The van der Waals surface area contributed by atoms with Crippen LogP contribution < -0.4 is 5.73 Å². The number of nitrogens with two attached hydrogens (primary N) is 1. The predicted molar refractivity (Wildman–Crippen MR) is 79.8 cm³/mol. The molecule has 0 amide bonds. The maximum absolute atomic E-state index is 6.48. The highest BCUT2D eigenvalue weighted by atomic mass is 14.7. The van der Waals surface area contributed by atoms with Crippen molar-refractivity contribution in [1.29, 1.82) is 0 Å². The lowest BCUT2D eigenvalue weighted by molar-refractivity contribution is -0.148. The van der Waals surface area contributed by atoms with Crippen LogP contribution in [0.4, 0.5) is 0 Å². The number of hydrogen-bond acceptors (Lipinski definition) is 1. The van der Waals surface area contributed by atoms with Gasteiger partial charge in [-0.3, -0.25) is 0 Å². The molecule has 108 valence electrons. The van der Waals surface area contributed by atoms with Gasteiger partial charge in [0.05, 0.1) is 0 Å². The minimum Gasteiger partial charge on any atom is -0.327 e. The lowest BCUT2D eigenvalue weighted by Crippen LogP contribution is -2.59. The molecule has 19 heavy (non-hydrogen) atoms. The van der Waals surface area contributed by atoms with Gasteiger partial charge in [0.25, 0.3) is 0 Å². The molecule has 0 aromatic rings. The van der Waals surface area contributed by atoms with Gasteiger partial charge in [-0.05, 0) is 86.9 Å². The van der Waals surface area contributed by atoms with E-state index < -0.39 is 0 Å². The molecule has 2 N–H and O–H groups in total. The molecule has 5 rings (SSSR count). The molecule has 5 aliphatic rings. The summed E-state index contributed by atoms with van der Waals surface area (Å²) < 4.78 is 0. The fourth-order valence-electron chi connectivity index (χ4n) is 7.13. The third kappa shape index (κ3) is 1.83. The van der Waals surface area contributed by atoms with Crippen molar-refractivity contribution in [2.45, 2.75) is 83.6 Å². The minimum atomic E-state index is 0.432. The van der Waals surface area contributed by atoms with Crippen LogP contribution in [0.25, 0.3) is 0 Å². The summed E-state index contributed by atoms with van der Waals surface area (Å²) in [6, 6.07) is 0.432. The quantitative estimate of drug-likeness (QED) is 0.778. The zero-order valence-electron chi connectivity index (χ0n) is 12.7. The summed E-state index contributed by atoms with van der Waals surface area (Å²) in [6.07, 6.45) is 16.7. The lowest BCUT2D eigenvalue weighted by Gasteiger charge is -2.66. The Labute approximate surface area is 118 Å². The van der Waals surface area contributed by atoms with Gasteiger partial charge < -0.3 is 5.73 Å². The normalized spacial score (nSPS) is 51.5. The zero-order valence-corrected chi connectivity index (χ0v) is 12.7. The Bertz CT molecular complexity index is 339. The summed E-state index contributed by atoms with van der Waals surface area (Å²) in [5.41, 5.74) is 7.76. The van der Waals surface area contributed by atoms with Gasteiger partial charge in [0.15, 0.2) is 0 Å². The largest absolute Gasteiger partial charge is 0.327 e. The van der Waals surface area contributed by atoms with Crippen LogP contribution >= 0.6 is 0 Å². The monoisotopic (exact) mass is 261 g/mol. The van der Waals surface area contributed by atoms with Gasteiger partial charge in [0, 0.05) is 6.04 Å². The van der Waals surface area contributed by atoms with Crippen molar-refractivity contribution in [3.8, 4) is 0 Å². The molecule has 1 nitrogen and oxygen atoms in total. The van der Waals surface area contributed by atoms with Crippen molar-refractivity contribution in [2.24, 2.45) is 34.3 Å². The molecule has 0 radical (unpaired) electrons. The summed E-state index contributed by atoms with van der Waals surface area (Å²) in [7, 11) is 0. The first-order valence-corrected chi connectivity index (χ1v) is 8.88. The molecule has 0 aromatic heterocycles. The van der Waals surface area contributed by atoms with Crippen molar-refractivity contribution in [1.82, 2.24) is 0 Å². The molecular formula is C18H31N. The third-order valence-electron chi connectivity index (χ3n) is 7.59. The molecule has 4 bridgehead atoms. The number of rotatable bonds is 2. The number of hydrogen-bond donors (Lipinski definition) is 1. The first-order chi connectivity index (χ1) is 9.12. The zero-order chi connectivity index (χ0) is 13.1. The van der Waals surface area contributed by atoms with E-state index in [1.807, 2.05) is 0 Å². The van der Waals surface area contributed by atoms with E-state index >= 15 is 0 Å². The van der Waals surface area contributed by atoms with Crippen LogP contribution in [0.1, 0.15) is 77.6 Å². The second-order valence-corrected chi connectivity index (χ2v) is 8.81. The predicted octanol–water partition coefficient (Wildman–Crippen LogP) is 4.50. The molecule has 1 heteroatoms. The Morgan fingerprint density at radius 3 is 2.16 bits per heavy atom. The highest BCUT2D eigenvalue weighted by molar-refractivity contribution is 5.11. The Balaban J connectivity index is 1.66. The van der Waals surface area contributed by atoms with Crippen molar-refractivity contribution in [3.05, 3.63) is 0 Å². The summed E-state index contributed by atoms with van der Waals surface area (Å²) in [4.78, 5) is 0. The van der Waals surface area contributed by atoms with Crippen LogP contribution in [0.3, 0.4) is 0 Å². The summed E-state index contributed by atoms with van der Waals surface area (Å²) >= 11 is 0. The molecule has 0 aromatic carbocycles. The van der Waals surface area contributed by atoms with Gasteiger partial charge >= 0.3 is 0 Å². The molecule has 0 heterocycles. The van der Waals surface area contributed by atoms with Crippen molar-refractivity contribution < 1.29 is 0 Å². The summed E-state index contributed by atoms with van der Waals surface area (Å²) in [5.74, 6) is 3.13. The summed E-state index contributed by atoms with van der Waals surface area (Å²) in [6.45, 7) is 2.31. The van der Waals surface area contributed by atoms with Crippen LogP contribution in [0, 0.1) is 28.6 Å². The fraction of sp³-hybridized carbons (Fsp3) is 1.00. The van der Waals surface area contributed by atoms with E-state index in [1.165, 1.54) is 51.4 Å². The van der Waals surface area contributed by atoms with Crippen LogP contribution in [-0.4, -0.2) is 6.04 Å². The van der Waals surface area contributed by atoms with Crippen LogP contribution in [0.15, 0.2) is 0 Å². The van der Waals surface area contributed by atoms with Gasteiger partial charge in [-0.1, -0.05) is 19.3 Å². The fourth-order valence-corrected chi connectivity index (χ4v) is 7.13. The molecule has 0 aliphatic heterocycles.